The van der Waals surface area contributed by atoms with Gasteiger partial charge in [-0.1, -0.05) is 16.7 Å². The maximum absolute atomic E-state index is 9.63. The van der Waals surface area contributed by atoms with E-state index in [1.54, 1.807) is 0 Å². The van der Waals surface area contributed by atoms with Crippen LogP contribution in [0.3, 0.4) is 0 Å². The highest BCUT2D eigenvalue weighted by atomic mass is 35.5. The third-order valence-corrected chi connectivity index (χ3v) is 1.96. The minimum atomic E-state index is -1.38. The van der Waals surface area contributed by atoms with Crippen molar-refractivity contribution in [3.05, 3.63) is 27.5 Å². The fourth-order valence-corrected chi connectivity index (χ4v) is 1.16. The molecule has 9 heteroatoms. The molecule has 0 amide bonds. The SMILES string of the molecule is [N-]=[N+]=NCC(O)C(O)c1ncc(Cl)nc1N. The maximum Gasteiger partial charge on any atom is 0.149 e. The molecule has 8 nitrogen and oxygen atoms in total. The molecule has 0 saturated carbocycles. The summed E-state index contributed by atoms with van der Waals surface area (Å²) < 4.78 is 0. The zero-order valence-corrected chi connectivity index (χ0v) is 8.78. The number of nitrogen functional groups attached to an aromatic ring is 1. The highest BCUT2D eigenvalue weighted by Crippen LogP contribution is 2.20. The molecule has 0 fully saturated rings. The average Bonchev–Trinajstić information content (AvgIpc) is 2.25. The Morgan fingerprint density at radius 2 is 2.31 bits per heavy atom. The molecule has 0 aliphatic carbocycles. The first-order valence-corrected chi connectivity index (χ1v) is 4.59. The Morgan fingerprint density at radius 1 is 1.62 bits per heavy atom. The molecule has 0 radical (unpaired) electrons. The fourth-order valence-electron chi connectivity index (χ4n) is 1.02. The number of aliphatic hydroxyl groups excluding tert-OH is 2. The smallest absolute Gasteiger partial charge is 0.149 e. The highest BCUT2D eigenvalue weighted by molar-refractivity contribution is 6.29. The van der Waals surface area contributed by atoms with Gasteiger partial charge in [0.05, 0.1) is 18.8 Å². The van der Waals surface area contributed by atoms with Crippen LogP contribution in [-0.4, -0.2) is 32.8 Å². The number of aromatic nitrogens is 2. The first kappa shape index (κ1) is 12.5. The Bertz CT molecular complexity index is 421. The van der Waals surface area contributed by atoms with E-state index < -0.39 is 12.2 Å². The van der Waals surface area contributed by atoms with E-state index in [2.05, 4.69) is 20.0 Å². The average molecular weight is 245 g/mol. The number of hydrogen-bond donors (Lipinski definition) is 3. The summed E-state index contributed by atoms with van der Waals surface area (Å²) in [5, 5.41) is 22.3. The van der Waals surface area contributed by atoms with Crippen LogP contribution in [0.15, 0.2) is 11.3 Å². The molecule has 1 rings (SSSR count). The normalized spacial score (nSPS) is 13.9. The molecule has 0 bridgehead atoms. The third-order valence-electron chi connectivity index (χ3n) is 1.78. The summed E-state index contributed by atoms with van der Waals surface area (Å²) in [7, 11) is 0. The van der Waals surface area contributed by atoms with Gasteiger partial charge in [0.25, 0.3) is 0 Å². The molecular formula is C7H9ClN6O2. The zero-order chi connectivity index (χ0) is 12.1. The molecule has 0 saturated heterocycles. The molecule has 1 aromatic heterocycles. The van der Waals surface area contributed by atoms with Gasteiger partial charge in [-0.05, 0) is 5.53 Å². The van der Waals surface area contributed by atoms with E-state index in [4.69, 9.17) is 22.9 Å². The predicted octanol–water partition coefficient (Wildman–Crippen LogP) is 0.417. The Labute approximate surface area is 95.3 Å². The van der Waals surface area contributed by atoms with Gasteiger partial charge < -0.3 is 15.9 Å². The molecule has 2 unspecified atom stereocenters. The quantitative estimate of drug-likeness (QED) is 0.400. The molecule has 86 valence electrons. The lowest BCUT2D eigenvalue weighted by Gasteiger charge is -2.16. The Kier molecular flexibility index (Phi) is 4.27. The van der Waals surface area contributed by atoms with Gasteiger partial charge in [-0.2, -0.15) is 0 Å². The first-order chi connectivity index (χ1) is 7.56. The van der Waals surface area contributed by atoms with E-state index in [-0.39, 0.29) is 23.2 Å². The summed E-state index contributed by atoms with van der Waals surface area (Å²) in [5.41, 5.74) is 13.5. The number of rotatable bonds is 4. The fraction of sp³-hybridized carbons (Fsp3) is 0.429. The van der Waals surface area contributed by atoms with Crippen molar-refractivity contribution in [1.82, 2.24) is 9.97 Å². The topological polar surface area (TPSA) is 141 Å². The Morgan fingerprint density at radius 3 is 2.88 bits per heavy atom. The van der Waals surface area contributed by atoms with Crippen molar-refractivity contribution >= 4 is 17.4 Å². The number of azide groups is 1. The lowest BCUT2D eigenvalue weighted by Crippen LogP contribution is -2.23. The maximum atomic E-state index is 9.63. The van der Waals surface area contributed by atoms with E-state index in [9.17, 15) is 10.2 Å². The largest absolute Gasteiger partial charge is 0.390 e. The summed E-state index contributed by atoms with van der Waals surface area (Å²) in [6, 6.07) is 0. The van der Waals surface area contributed by atoms with Crippen LogP contribution in [0, 0.1) is 0 Å². The van der Waals surface area contributed by atoms with Crippen molar-refractivity contribution < 1.29 is 10.2 Å². The first-order valence-electron chi connectivity index (χ1n) is 4.21. The molecule has 16 heavy (non-hydrogen) atoms. The van der Waals surface area contributed by atoms with Gasteiger partial charge in [-0.3, -0.25) is 4.98 Å². The van der Waals surface area contributed by atoms with Gasteiger partial charge in [0.2, 0.25) is 0 Å². The van der Waals surface area contributed by atoms with Crippen molar-refractivity contribution in [3.63, 3.8) is 0 Å². The van der Waals surface area contributed by atoms with Crippen molar-refractivity contribution in [2.75, 3.05) is 12.3 Å². The van der Waals surface area contributed by atoms with Crippen LogP contribution in [-0.2, 0) is 0 Å². The van der Waals surface area contributed by atoms with Crippen LogP contribution < -0.4 is 5.73 Å². The number of nitrogens with zero attached hydrogens (tertiary/aromatic N) is 5. The number of aliphatic hydroxyl groups is 2. The van der Waals surface area contributed by atoms with Crippen molar-refractivity contribution in [1.29, 1.82) is 0 Å². The van der Waals surface area contributed by atoms with Gasteiger partial charge in [0, 0.05) is 4.91 Å². The van der Waals surface area contributed by atoms with Gasteiger partial charge in [0.1, 0.15) is 22.8 Å². The molecule has 0 aliphatic rings. The molecule has 0 aromatic carbocycles. The third kappa shape index (κ3) is 2.94. The predicted molar refractivity (Wildman–Crippen MR) is 56.4 cm³/mol. The van der Waals surface area contributed by atoms with Crippen LogP contribution in [0.1, 0.15) is 11.8 Å². The Hall–Kier alpha value is -1.60. The second-order valence-corrected chi connectivity index (χ2v) is 3.28. The van der Waals surface area contributed by atoms with Crippen molar-refractivity contribution in [2.45, 2.75) is 12.2 Å². The standard InChI is InChI=1S/C7H9ClN6O2/c8-4-2-11-5(7(9)13-4)6(16)3(15)1-12-14-10/h2-3,6,15-16H,1H2,(H2,9,13). The number of nitrogens with two attached hydrogens (primary N) is 1. The summed E-state index contributed by atoms with van der Waals surface area (Å²) >= 11 is 5.52. The second kappa shape index (κ2) is 5.47. The minimum absolute atomic E-state index is 0.00922. The number of hydrogen-bond acceptors (Lipinski definition) is 6. The monoisotopic (exact) mass is 244 g/mol. The van der Waals surface area contributed by atoms with Gasteiger partial charge in [0.15, 0.2) is 0 Å². The molecule has 1 heterocycles. The van der Waals surface area contributed by atoms with E-state index in [1.807, 2.05) is 0 Å². The van der Waals surface area contributed by atoms with Crippen molar-refractivity contribution in [3.8, 4) is 0 Å². The van der Waals surface area contributed by atoms with E-state index in [0.717, 1.165) is 0 Å². The molecule has 4 N–H and O–H groups in total. The molecular weight excluding hydrogens is 236 g/mol. The van der Waals surface area contributed by atoms with Gasteiger partial charge in [-0.25, -0.2) is 4.98 Å². The van der Waals surface area contributed by atoms with Crippen LogP contribution in [0.25, 0.3) is 10.4 Å². The van der Waals surface area contributed by atoms with E-state index >= 15 is 0 Å². The highest BCUT2D eigenvalue weighted by Gasteiger charge is 2.22. The van der Waals surface area contributed by atoms with Crippen LogP contribution >= 0.6 is 11.6 Å². The second-order valence-electron chi connectivity index (χ2n) is 2.89. The van der Waals surface area contributed by atoms with Crippen LogP contribution in [0.2, 0.25) is 5.15 Å². The number of halogens is 1. The van der Waals surface area contributed by atoms with Gasteiger partial charge in [-0.15, -0.1) is 0 Å². The lowest BCUT2D eigenvalue weighted by molar-refractivity contribution is 0.0221. The molecule has 1 aromatic rings. The van der Waals surface area contributed by atoms with Crippen molar-refractivity contribution in [2.24, 2.45) is 5.11 Å². The van der Waals surface area contributed by atoms with Crippen LogP contribution in [0.5, 0.6) is 0 Å². The summed E-state index contributed by atoms with van der Waals surface area (Å²) in [5.74, 6) is -0.0833. The Balaban J connectivity index is 2.86. The minimum Gasteiger partial charge on any atom is -0.390 e. The number of anilines is 1. The summed E-state index contributed by atoms with van der Waals surface area (Å²) in [6.45, 7) is -0.290. The van der Waals surface area contributed by atoms with Crippen LogP contribution in [0.4, 0.5) is 5.82 Å². The van der Waals surface area contributed by atoms with Gasteiger partial charge >= 0.3 is 0 Å². The van der Waals surface area contributed by atoms with E-state index in [0.29, 0.717) is 0 Å². The zero-order valence-electron chi connectivity index (χ0n) is 8.02. The summed E-state index contributed by atoms with van der Waals surface area (Å²) in [6.07, 6.45) is -1.49. The summed E-state index contributed by atoms with van der Waals surface area (Å²) in [4.78, 5) is 9.86. The molecule has 0 spiro atoms. The molecule has 2 atom stereocenters. The lowest BCUT2D eigenvalue weighted by atomic mass is 10.1. The van der Waals surface area contributed by atoms with E-state index in [1.165, 1.54) is 6.20 Å². The molecule has 0 aliphatic heterocycles.